The van der Waals surface area contributed by atoms with Crippen LogP contribution in [0.2, 0.25) is 0 Å². The summed E-state index contributed by atoms with van der Waals surface area (Å²) in [5.74, 6) is 0.809. The van der Waals surface area contributed by atoms with Gasteiger partial charge in [-0.15, -0.1) is 0 Å². The zero-order valence-electron chi connectivity index (χ0n) is 16.2. The topological polar surface area (TPSA) is 90.4 Å². The van der Waals surface area contributed by atoms with Crippen LogP contribution >= 0.6 is 15.9 Å². The first-order valence-electron chi connectivity index (χ1n) is 9.37. The van der Waals surface area contributed by atoms with E-state index in [0.29, 0.717) is 16.8 Å². The second-order valence-electron chi connectivity index (χ2n) is 6.44. The number of benzene rings is 3. The highest BCUT2D eigenvalue weighted by Gasteiger charge is 2.19. The number of hydrogen-bond donors (Lipinski definition) is 1. The van der Waals surface area contributed by atoms with Crippen LogP contribution in [0.4, 0.5) is 5.82 Å². The molecule has 0 amide bonds. The molecule has 0 atom stereocenters. The average molecular weight is 500 g/mol. The van der Waals surface area contributed by atoms with Crippen LogP contribution in [-0.2, 0) is 10.0 Å². The highest BCUT2D eigenvalue weighted by atomic mass is 79.9. The highest BCUT2D eigenvalue weighted by Crippen LogP contribution is 2.26. The molecule has 0 aliphatic heterocycles. The van der Waals surface area contributed by atoms with Crippen molar-refractivity contribution in [2.24, 2.45) is 0 Å². The van der Waals surface area contributed by atoms with E-state index in [1.807, 2.05) is 36.4 Å². The SMILES string of the molecule is O=S(=O)(Nc1nc2ccccc2nc1OCCOc1ccccc1)c1ccc(Br)cc1. The van der Waals surface area contributed by atoms with Gasteiger partial charge in [0.15, 0.2) is 0 Å². The van der Waals surface area contributed by atoms with Gasteiger partial charge in [0.25, 0.3) is 15.9 Å². The lowest BCUT2D eigenvalue weighted by Crippen LogP contribution is -2.17. The Balaban J connectivity index is 1.56. The fraction of sp³-hybridized carbons (Fsp3) is 0.0909. The summed E-state index contributed by atoms with van der Waals surface area (Å²) in [6.45, 7) is 0.423. The zero-order valence-corrected chi connectivity index (χ0v) is 18.6. The van der Waals surface area contributed by atoms with Crippen LogP contribution in [0.5, 0.6) is 11.6 Å². The first-order chi connectivity index (χ1) is 15.0. The fourth-order valence-corrected chi connectivity index (χ4v) is 4.03. The summed E-state index contributed by atoms with van der Waals surface area (Å²) in [5.41, 5.74) is 1.14. The zero-order chi connectivity index (χ0) is 21.7. The summed E-state index contributed by atoms with van der Waals surface area (Å²) in [7, 11) is -3.88. The van der Waals surface area contributed by atoms with Crippen molar-refractivity contribution in [1.29, 1.82) is 0 Å². The van der Waals surface area contributed by atoms with Gasteiger partial charge in [-0.3, -0.25) is 4.72 Å². The van der Waals surface area contributed by atoms with Crippen molar-refractivity contribution in [3.8, 4) is 11.6 Å². The van der Waals surface area contributed by atoms with Gasteiger partial charge in [-0.2, -0.15) is 0 Å². The van der Waals surface area contributed by atoms with Gasteiger partial charge in [0.1, 0.15) is 19.0 Å². The Hall–Kier alpha value is -3.17. The fourth-order valence-electron chi connectivity index (χ4n) is 2.77. The number of nitrogens with one attached hydrogen (secondary N) is 1. The maximum absolute atomic E-state index is 12.8. The Bertz CT molecular complexity index is 1280. The van der Waals surface area contributed by atoms with E-state index in [1.165, 1.54) is 12.1 Å². The third-order valence-corrected chi connectivity index (χ3v) is 6.11. The standard InChI is InChI=1S/C22H18BrN3O4S/c23-16-10-12-18(13-11-16)31(27,28)26-21-22(25-20-9-5-4-8-19(20)24-21)30-15-14-29-17-6-2-1-3-7-17/h1-13H,14-15H2,(H,24,26). The van der Waals surface area contributed by atoms with E-state index in [-0.39, 0.29) is 29.8 Å². The van der Waals surface area contributed by atoms with Crippen molar-refractivity contribution in [3.63, 3.8) is 0 Å². The maximum atomic E-state index is 12.8. The molecule has 31 heavy (non-hydrogen) atoms. The number of para-hydroxylation sites is 3. The van der Waals surface area contributed by atoms with Crippen LogP contribution in [0.25, 0.3) is 11.0 Å². The molecule has 0 saturated heterocycles. The summed E-state index contributed by atoms with van der Waals surface area (Å²) >= 11 is 3.30. The van der Waals surface area contributed by atoms with Gasteiger partial charge in [0, 0.05) is 4.47 Å². The highest BCUT2D eigenvalue weighted by molar-refractivity contribution is 9.10. The average Bonchev–Trinajstić information content (AvgIpc) is 2.77. The van der Waals surface area contributed by atoms with Gasteiger partial charge in [0.2, 0.25) is 5.82 Å². The van der Waals surface area contributed by atoms with E-state index in [0.717, 1.165) is 4.47 Å². The second-order valence-corrected chi connectivity index (χ2v) is 9.03. The molecule has 0 saturated carbocycles. The first-order valence-corrected chi connectivity index (χ1v) is 11.6. The number of sulfonamides is 1. The van der Waals surface area contributed by atoms with Gasteiger partial charge in [0.05, 0.1) is 15.9 Å². The van der Waals surface area contributed by atoms with Gasteiger partial charge in [-0.1, -0.05) is 46.3 Å². The maximum Gasteiger partial charge on any atom is 0.263 e. The second kappa shape index (κ2) is 9.32. The van der Waals surface area contributed by atoms with E-state index < -0.39 is 10.0 Å². The molecule has 0 radical (unpaired) electrons. The molecule has 0 aliphatic rings. The van der Waals surface area contributed by atoms with Gasteiger partial charge in [-0.25, -0.2) is 18.4 Å². The third kappa shape index (κ3) is 5.31. The molecule has 9 heteroatoms. The van der Waals surface area contributed by atoms with Crippen molar-refractivity contribution in [1.82, 2.24) is 9.97 Å². The predicted octanol–water partition coefficient (Wildman–Crippen LogP) is 4.65. The minimum atomic E-state index is -3.88. The summed E-state index contributed by atoms with van der Waals surface area (Å²) in [6.07, 6.45) is 0. The molecule has 3 aromatic carbocycles. The number of ether oxygens (including phenoxy) is 2. The van der Waals surface area contributed by atoms with Crippen LogP contribution in [0, 0.1) is 0 Å². The van der Waals surface area contributed by atoms with E-state index in [4.69, 9.17) is 9.47 Å². The molecule has 158 valence electrons. The van der Waals surface area contributed by atoms with Gasteiger partial charge < -0.3 is 9.47 Å². The van der Waals surface area contributed by atoms with Crippen LogP contribution in [-0.4, -0.2) is 31.6 Å². The summed E-state index contributed by atoms with van der Waals surface area (Å²) < 4.78 is 40.3. The molecule has 4 rings (SSSR count). The Morgan fingerprint density at radius 3 is 2.10 bits per heavy atom. The third-order valence-electron chi connectivity index (χ3n) is 4.23. The monoisotopic (exact) mass is 499 g/mol. The number of anilines is 1. The summed E-state index contributed by atoms with van der Waals surface area (Å²) in [5, 5.41) is 0. The first kappa shape index (κ1) is 21.1. The van der Waals surface area contributed by atoms with Crippen molar-refractivity contribution in [2.45, 2.75) is 4.90 Å². The van der Waals surface area contributed by atoms with Crippen LogP contribution < -0.4 is 14.2 Å². The van der Waals surface area contributed by atoms with Crippen molar-refractivity contribution < 1.29 is 17.9 Å². The lowest BCUT2D eigenvalue weighted by molar-refractivity contribution is 0.213. The summed E-state index contributed by atoms with van der Waals surface area (Å²) in [4.78, 5) is 8.95. The van der Waals surface area contributed by atoms with Crippen molar-refractivity contribution in [2.75, 3.05) is 17.9 Å². The molecule has 0 spiro atoms. The Labute approximate surface area is 188 Å². The lowest BCUT2D eigenvalue weighted by atomic mass is 10.3. The molecular formula is C22H18BrN3O4S. The van der Waals surface area contributed by atoms with Crippen LogP contribution in [0.15, 0.2) is 88.2 Å². The minimum Gasteiger partial charge on any atom is -0.490 e. The van der Waals surface area contributed by atoms with E-state index in [9.17, 15) is 8.42 Å². The molecule has 4 aromatic rings. The number of halogens is 1. The van der Waals surface area contributed by atoms with Gasteiger partial charge in [-0.05, 0) is 48.5 Å². The van der Waals surface area contributed by atoms with E-state index in [1.54, 1.807) is 30.3 Å². The number of aromatic nitrogens is 2. The smallest absolute Gasteiger partial charge is 0.263 e. The molecule has 1 heterocycles. The molecule has 0 fully saturated rings. The van der Waals surface area contributed by atoms with Gasteiger partial charge >= 0.3 is 0 Å². The number of hydrogen-bond acceptors (Lipinski definition) is 6. The van der Waals surface area contributed by atoms with Crippen LogP contribution in [0.3, 0.4) is 0 Å². The largest absolute Gasteiger partial charge is 0.490 e. The van der Waals surface area contributed by atoms with E-state index >= 15 is 0 Å². The minimum absolute atomic E-state index is 0.0151. The predicted molar refractivity (Wildman–Crippen MR) is 122 cm³/mol. The normalized spacial score (nSPS) is 11.3. The Morgan fingerprint density at radius 1 is 0.774 bits per heavy atom. The molecule has 7 nitrogen and oxygen atoms in total. The Morgan fingerprint density at radius 2 is 1.39 bits per heavy atom. The lowest BCUT2D eigenvalue weighted by Gasteiger charge is -2.13. The molecule has 0 bridgehead atoms. The number of nitrogens with zero attached hydrogens (tertiary/aromatic N) is 2. The van der Waals surface area contributed by atoms with Crippen molar-refractivity contribution >= 4 is 42.8 Å². The molecule has 0 aliphatic carbocycles. The Kier molecular flexibility index (Phi) is 6.34. The molecular weight excluding hydrogens is 482 g/mol. The molecule has 0 unspecified atom stereocenters. The summed E-state index contributed by atoms with van der Waals surface area (Å²) in [6, 6.07) is 22.8. The van der Waals surface area contributed by atoms with E-state index in [2.05, 4.69) is 30.6 Å². The van der Waals surface area contributed by atoms with Crippen molar-refractivity contribution in [3.05, 3.63) is 83.3 Å². The van der Waals surface area contributed by atoms with Crippen LogP contribution in [0.1, 0.15) is 0 Å². The molecule has 1 N–H and O–H groups in total. The quantitative estimate of drug-likeness (QED) is 0.354. The number of rotatable bonds is 8. The molecule has 1 aromatic heterocycles. The number of fused-ring (bicyclic) bond motifs is 1.